The molecule has 0 saturated heterocycles. The largest absolute Gasteiger partial charge is 0.293 e. The highest BCUT2D eigenvalue weighted by molar-refractivity contribution is 7.97. The van der Waals surface area contributed by atoms with Gasteiger partial charge >= 0.3 is 0 Å². The van der Waals surface area contributed by atoms with Crippen molar-refractivity contribution in [2.45, 2.75) is 36.0 Å². The van der Waals surface area contributed by atoms with Crippen LogP contribution in [0.15, 0.2) is 68.4 Å². The van der Waals surface area contributed by atoms with Crippen LogP contribution >= 0.6 is 46.4 Å². The fourth-order valence-corrected chi connectivity index (χ4v) is 7.18. The van der Waals surface area contributed by atoms with Crippen LogP contribution in [-0.2, 0) is 15.9 Å². The Balaban J connectivity index is 2.01. The zero-order valence-electron chi connectivity index (χ0n) is 16.1. The highest BCUT2D eigenvalue weighted by Crippen LogP contribution is 2.40. The standard InChI is InChI=1S/C23H18Cl4OS/c1-23(2,3)12-4-6-13(7-5-12)29-20-10-18(26)16(24)8-14(20)22(28)15-9-17(25)19(27)11-21(15)29/h4-11,14H,1-3H3/p+1. The smallest absolute Gasteiger partial charge is 0.183 e. The first-order valence-corrected chi connectivity index (χ1v) is 12.0. The molecule has 1 heterocycles. The fraction of sp³-hybridized carbons (Fsp3) is 0.217. The van der Waals surface area contributed by atoms with E-state index in [4.69, 9.17) is 46.4 Å². The summed E-state index contributed by atoms with van der Waals surface area (Å²) in [4.78, 5) is 16.2. The number of Topliss-reactive ketones (excluding diaryl/α,β-unsaturated/α-hetero) is 1. The molecule has 2 aromatic rings. The average Bonchev–Trinajstić information content (AvgIpc) is 2.65. The topological polar surface area (TPSA) is 17.1 Å². The number of halogens is 4. The van der Waals surface area contributed by atoms with Crippen LogP contribution in [0, 0.1) is 5.92 Å². The lowest BCUT2D eigenvalue weighted by Gasteiger charge is -2.25. The second-order valence-corrected chi connectivity index (χ2v) is 12.0. The van der Waals surface area contributed by atoms with E-state index in [1.54, 1.807) is 12.1 Å². The molecule has 2 aliphatic rings. The van der Waals surface area contributed by atoms with Crippen molar-refractivity contribution in [1.82, 2.24) is 0 Å². The van der Waals surface area contributed by atoms with Crippen molar-refractivity contribution in [2.24, 2.45) is 5.92 Å². The summed E-state index contributed by atoms with van der Waals surface area (Å²) in [5.74, 6) is -0.472. The minimum absolute atomic E-state index is 0.0304. The summed E-state index contributed by atoms with van der Waals surface area (Å²) < 4.78 is 0. The molecule has 4 rings (SSSR count). The van der Waals surface area contributed by atoms with Crippen LogP contribution < -0.4 is 0 Å². The zero-order chi connectivity index (χ0) is 21.1. The lowest BCUT2D eigenvalue weighted by atomic mass is 9.87. The van der Waals surface area contributed by atoms with Gasteiger partial charge < -0.3 is 0 Å². The Bertz CT molecular complexity index is 1130. The second kappa shape index (κ2) is 7.59. The van der Waals surface area contributed by atoms with Gasteiger partial charge in [0, 0.05) is 12.1 Å². The highest BCUT2D eigenvalue weighted by Gasteiger charge is 2.40. The number of fused-ring (bicyclic) bond motifs is 2. The minimum atomic E-state index is -1.00. The maximum absolute atomic E-state index is 13.2. The third-order valence-electron chi connectivity index (χ3n) is 5.21. The number of carbonyl (C=O) groups excluding carboxylic acids is 1. The van der Waals surface area contributed by atoms with Crippen LogP contribution in [0.2, 0.25) is 10.0 Å². The van der Waals surface area contributed by atoms with Gasteiger partial charge in [0.05, 0.1) is 25.7 Å². The van der Waals surface area contributed by atoms with Crippen molar-refractivity contribution in [3.05, 3.63) is 79.8 Å². The van der Waals surface area contributed by atoms with Crippen LogP contribution in [0.3, 0.4) is 0 Å². The van der Waals surface area contributed by atoms with Crippen LogP contribution in [0.1, 0.15) is 36.7 Å². The van der Waals surface area contributed by atoms with Crippen LogP contribution in [0.25, 0.3) is 0 Å². The molecule has 0 radical (unpaired) electrons. The number of hydrogen-bond acceptors (Lipinski definition) is 1. The van der Waals surface area contributed by atoms with Gasteiger partial charge in [0.1, 0.15) is 20.6 Å². The molecule has 2 aromatic carbocycles. The SMILES string of the molecule is CC(C)(C)c1ccc([SH+]2=C3C=C(Cl)C(Cl)=CC3C(=O)c3cc(Cl)c(Cl)cc32)cc1. The molecule has 2 atom stereocenters. The van der Waals surface area contributed by atoms with Gasteiger partial charge in [0.25, 0.3) is 0 Å². The first-order chi connectivity index (χ1) is 13.6. The van der Waals surface area contributed by atoms with Gasteiger partial charge in [0.15, 0.2) is 5.78 Å². The molecular weight excluding hydrogens is 466 g/mol. The van der Waals surface area contributed by atoms with E-state index in [-0.39, 0.29) is 11.2 Å². The van der Waals surface area contributed by atoms with E-state index in [1.165, 1.54) is 5.56 Å². The van der Waals surface area contributed by atoms with Gasteiger partial charge in [-0.25, -0.2) is 0 Å². The molecule has 0 saturated carbocycles. The van der Waals surface area contributed by atoms with E-state index in [2.05, 4.69) is 45.0 Å². The first-order valence-electron chi connectivity index (χ1n) is 9.13. The van der Waals surface area contributed by atoms with Gasteiger partial charge in [-0.05, 0) is 35.3 Å². The summed E-state index contributed by atoms with van der Waals surface area (Å²) in [6, 6.07) is 12.1. The van der Waals surface area contributed by atoms with E-state index in [1.807, 2.05) is 12.1 Å². The number of allylic oxidation sites excluding steroid dienone is 4. The van der Waals surface area contributed by atoms with E-state index in [0.717, 1.165) is 14.7 Å². The fourth-order valence-electron chi connectivity index (χ4n) is 3.64. The van der Waals surface area contributed by atoms with E-state index in [9.17, 15) is 4.79 Å². The van der Waals surface area contributed by atoms with Crippen molar-refractivity contribution in [2.75, 3.05) is 0 Å². The molecule has 1 nitrogen and oxygen atoms in total. The lowest BCUT2D eigenvalue weighted by molar-refractivity contribution is 0.0969. The summed E-state index contributed by atoms with van der Waals surface area (Å²) in [5, 5.41) is 1.67. The Morgan fingerprint density at radius 3 is 2.14 bits per heavy atom. The maximum Gasteiger partial charge on any atom is 0.183 e. The van der Waals surface area contributed by atoms with Crippen molar-refractivity contribution in [3.8, 4) is 0 Å². The minimum Gasteiger partial charge on any atom is -0.293 e. The molecule has 2 unspecified atom stereocenters. The van der Waals surface area contributed by atoms with E-state index in [0.29, 0.717) is 25.7 Å². The third-order valence-corrected chi connectivity index (χ3v) is 9.26. The molecule has 0 fully saturated rings. The van der Waals surface area contributed by atoms with Crippen molar-refractivity contribution in [3.63, 3.8) is 0 Å². The van der Waals surface area contributed by atoms with Crippen LogP contribution in [0.5, 0.6) is 0 Å². The molecule has 6 heteroatoms. The molecule has 150 valence electrons. The Kier molecular flexibility index (Phi) is 5.55. The number of hydrogen-bond donors (Lipinski definition) is 0. The van der Waals surface area contributed by atoms with Crippen molar-refractivity contribution < 1.29 is 4.79 Å². The normalized spacial score (nSPS) is 21.3. The molecular formula is C23H19Cl4OS+. The number of rotatable bonds is 1. The molecule has 29 heavy (non-hydrogen) atoms. The van der Waals surface area contributed by atoms with Gasteiger partial charge in [-0.3, -0.25) is 4.79 Å². The molecule has 1 aliphatic heterocycles. The Hall–Kier alpha value is -1.03. The summed E-state index contributed by atoms with van der Waals surface area (Å²) in [5.41, 5.74) is 1.91. The monoisotopic (exact) mass is 483 g/mol. The van der Waals surface area contributed by atoms with Gasteiger partial charge in [-0.15, -0.1) is 0 Å². The number of thiol groups is 1. The number of carbonyl (C=O) groups is 1. The summed E-state index contributed by atoms with van der Waals surface area (Å²) in [6.07, 6.45) is 3.59. The van der Waals surface area contributed by atoms with Crippen LogP contribution in [-0.4, -0.2) is 10.6 Å². The number of ketones is 1. The Morgan fingerprint density at radius 2 is 1.52 bits per heavy atom. The summed E-state index contributed by atoms with van der Waals surface area (Å²) >= 11 is 25.2. The van der Waals surface area contributed by atoms with Crippen molar-refractivity contribution in [1.29, 1.82) is 0 Å². The summed E-state index contributed by atoms with van der Waals surface area (Å²) in [6.45, 7) is 6.56. The zero-order valence-corrected chi connectivity index (χ0v) is 20.0. The predicted molar refractivity (Wildman–Crippen MR) is 128 cm³/mol. The van der Waals surface area contributed by atoms with E-state index < -0.39 is 16.4 Å². The maximum atomic E-state index is 13.2. The summed E-state index contributed by atoms with van der Waals surface area (Å²) in [7, 11) is -1.00. The second-order valence-electron chi connectivity index (χ2n) is 8.19. The molecule has 0 amide bonds. The molecule has 0 N–H and O–H groups in total. The van der Waals surface area contributed by atoms with Crippen molar-refractivity contribution >= 4 is 67.5 Å². The average molecular weight is 485 g/mol. The van der Waals surface area contributed by atoms with Gasteiger partial charge in [0.2, 0.25) is 0 Å². The first kappa shape index (κ1) is 21.2. The third kappa shape index (κ3) is 3.75. The molecule has 0 aromatic heterocycles. The predicted octanol–water partition coefficient (Wildman–Crippen LogP) is 7.30. The highest BCUT2D eigenvalue weighted by atomic mass is 35.5. The molecule has 1 aliphatic carbocycles. The molecule has 0 bridgehead atoms. The van der Waals surface area contributed by atoms with Crippen LogP contribution in [0.4, 0.5) is 0 Å². The van der Waals surface area contributed by atoms with Gasteiger partial charge in [-0.2, -0.15) is 0 Å². The Labute approximate surface area is 193 Å². The lowest BCUT2D eigenvalue weighted by Crippen LogP contribution is -2.32. The van der Waals surface area contributed by atoms with Gasteiger partial charge in [-0.1, -0.05) is 89.8 Å². The number of benzene rings is 2. The Morgan fingerprint density at radius 1 is 0.897 bits per heavy atom. The quantitative estimate of drug-likeness (QED) is 0.235. The van der Waals surface area contributed by atoms with E-state index >= 15 is 0 Å². The molecule has 0 spiro atoms.